The molecule has 0 radical (unpaired) electrons. The van der Waals surface area contributed by atoms with E-state index in [0.717, 1.165) is 63.4 Å². The van der Waals surface area contributed by atoms with Crippen LogP contribution in [0.5, 0.6) is 0 Å². The Morgan fingerprint density at radius 1 is 1.10 bits per heavy atom. The highest BCUT2D eigenvalue weighted by Crippen LogP contribution is 2.70. The summed E-state index contributed by atoms with van der Waals surface area (Å²) in [6.07, 6.45) is 10.6. The fraction of sp³-hybridized carbons (Fsp3) is 0.769. The van der Waals surface area contributed by atoms with Crippen molar-refractivity contribution in [2.24, 2.45) is 28.6 Å². The zero-order valence-corrected chi connectivity index (χ0v) is 19.1. The molecule has 1 aromatic heterocycles. The van der Waals surface area contributed by atoms with E-state index >= 15 is 0 Å². The van der Waals surface area contributed by atoms with Gasteiger partial charge in [0.2, 0.25) is 0 Å². The maximum absolute atomic E-state index is 12.3. The van der Waals surface area contributed by atoms with Gasteiger partial charge in [-0.15, -0.1) is 0 Å². The number of fused-ring (bicyclic) bond motifs is 5. The monoisotopic (exact) mass is 428 g/mol. The number of ether oxygens (including phenoxy) is 1. The van der Waals surface area contributed by atoms with Gasteiger partial charge < -0.3 is 14.3 Å². The molecule has 170 valence electrons. The van der Waals surface area contributed by atoms with E-state index in [0.29, 0.717) is 17.8 Å². The van der Waals surface area contributed by atoms with Crippen LogP contribution in [0.1, 0.15) is 90.0 Å². The first-order valence-corrected chi connectivity index (χ1v) is 12.2. The molecule has 0 amide bonds. The maximum atomic E-state index is 12.3. The van der Waals surface area contributed by atoms with E-state index in [1.54, 1.807) is 6.07 Å². The molecule has 0 aliphatic heterocycles. The number of hydrogen-bond donors (Lipinski definition) is 1. The van der Waals surface area contributed by atoms with E-state index in [1.807, 2.05) is 6.07 Å². The van der Waals surface area contributed by atoms with Crippen molar-refractivity contribution in [1.82, 2.24) is 0 Å². The van der Waals surface area contributed by atoms with E-state index < -0.39 is 5.60 Å². The molecule has 8 unspecified atom stereocenters. The summed E-state index contributed by atoms with van der Waals surface area (Å²) in [6.45, 7) is 6.22. The van der Waals surface area contributed by atoms with E-state index in [-0.39, 0.29) is 34.4 Å². The van der Waals surface area contributed by atoms with Gasteiger partial charge in [-0.05, 0) is 98.5 Å². The molecular formula is C26H36O5. The summed E-state index contributed by atoms with van der Waals surface area (Å²) in [7, 11) is 0. The lowest BCUT2D eigenvalue weighted by molar-refractivity contribution is -0.207. The van der Waals surface area contributed by atoms with Crippen LogP contribution in [0.2, 0.25) is 0 Å². The Morgan fingerprint density at radius 3 is 2.65 bits per heavy atom. The smallest absolute Gasteiger partial charge is 0.335 e. The molecule has 0 spiro atoms. The number of hydrogen-bond acceptors (Lipinski definition) is 5. The normalized spacial score (nSPS) is 46.5. The fourth-order valence-electron chi connectivity index (χ4n) is 8.68. The molecule has 5 heteroatoms. The molecule has 4 saturated carbocycles. The van der Waals surface area contributed by atoms with E-state index in [9.17, 15) is 14.7 Å². The van der Waals surface area contributed by atoms with Crippen LogP contribution in [-0.2, 0) is 9.53 Å². The first kappa shape index (κ1) is 21.2. The van der Waals surface area contributed by atoms with E-state index in [4.69, 9.17) is 9.15 Å². The largest absolute Gasteiger partial charge is 0.463 e. The summed E-state index contributed by atoms with van der Waals surface area (Å²) in [6, 6.07) is 3.55. The first-order chi connectivity index (χ1) is 14.7. The van der Waals surface area contributed by atoms with Crippen molar-refractivity contribution >= 4 is 5.97 Å². The van der Waals surface area contributed by atoms with Crippen molar-refractivity contribution in [3.63, 3.8) is 0 Å². The van der Waals surface area contributed by atoms with Crippen molar-refractivity contribution in [3.05, 3.63) is 34.4 Å². The second-order valence-electron chi connectivity index (χ2n) is 11.4. The van der Waals surface area contributed by atoms with Crippen LogP contribution in [0.4, 0.5) is 0 Å². The molecule has 5 rings (SSSR count). The van der Waals surface area contributed by atoms with Crippen molar-refractivity contribution in [2.45, 2.75) is 96.2 Å². The average molecular weight is 429 g/mol. The molecule has 1 N–H and O–H groups in total. The highest BCUT2D eigenvalue weighted by Gasteiger charge is 2.67. The molecule has 0 bridgehead atoms. The third-order valence-electron chi connectivity index (χ3n) is 10.3. The fourth-order valence-corrected chi connectivity index (χ4v) is 8.68. The minimum absolute atomic E-state index is 0.0599. The highest BCUT2D eigenvalue weighted by atomic mass is 16.5. The van der Waals surface area contributed by atoms with Crippen molar-refractivity contribution in [2.75, 3.05) is 0 Å². The first-order valence-electron chi connectivity index (χ1n) is 12.2. The Morgan fingerprint density at radius 2 is 1.90 bits per heavy atom. The third-order valence-corrected chi connectivity index (χ3v) is 10.3. The Bertz CT molecular complexity index is 922. The topological polar surface area (TPSA) is 76.7 Å². The Kier molecular flexibility index (Phi) is 4.93. The van der Waals surface area contributed by atoms with Crippen LogP contribution in [0.25, 0.3) is 0 Å². The van der Waals surface area contributed by atoms with Gasteiger partial charge in [-0.2, -0.15) is 0 Å². The molecular weight excluding hydrogens is 392 g/mol. The van der Waals surface area contributed by atoms with Crippen molar-refractivity contribution in [1.29, 1.82) is 0 Å². The van der Waals surface area contributed by atoms with Gasteiger partial charge >= 0.3 is 11.6 Å². The van der Waals surface area contributed by atoms with Crippen LogP contribution in [0, 0.1) is 28.6 Å². The lowest BCUT2D eigenvalue weighted by Gasteiger charge is -2.63. The minimum Gasteiger partial charge on any atom is -0.463 e. The summed E-state index contributed by atoms with van der Waals surface area (Å²) in [5, 5.41) is 12.3. The van der Waals surface area contributed by atoms with Gasteiger partial charge in [0.05, 0.1) is 11.9 Å². The van der Waals surface area contributed by atoms with E-state index in [1.165, 1.54) is 13.2 Å². The SMILES string of the molecule is CC(=O)OC1CCC2(C)C(CCC3C2CCC2(C)C(c4ccoc(=O)c4)CCC32O)C1. The predicted molar refractivity (Wildman–Crippen MR) is 116 cm³/mol. The second-order valence-corrected chi connectivity index (χ2v) is 11.4. The van der Waals surface area contributed by atoms with Crippen LogP contribution in [0.15, 0.2) is 27.6 Å². The van der Waals surface area contributed by atoms with Gasteiger partial charge in [0.1, 0.15) is 6.10 Å². The number of aliphatic hydroxyl groups is 1. The predicted octanol–water partition coefficient (Wildman–Crippen LogP) is 4.81. The maximum Gasteiger partial charge on any atom is 0.335 e. The van der Waals surface area contributed by atoms with Gasteiger partial charge in [-0.3, -0.25) is 4.79 Å². The lowest BCUT2D eigenvalue weighted by Crippen LogP contribution is -2.62. The summed E-state index contributed by atoms with van der Waals surface area (Å²) >= 11 is 0. The van der Waals surface area contributed by atoms with Crippen LogP contribution < -0.4 is 5.63 Å². The summed E-state index contributed by atoms with van der Waals surface area (Å²) in [5.41, 5.74) is 0.0395. The van der Waals surface area contributed by atoms with Gasteiger partial charge in [0.15, 0.2) is 0 Å². The molecule has 1 aromatic rings. The van der Waals surface area contributed by atoms with E-state index in [2.05, 4.69) is 13.8 Å². The Hall–Kier alpha value is -1.62. The summed E-state index contributed by atoms with van der Waals surface area (Å²) < 4.78 is 10.5. The van der Waals surface area contributed by atoms with Crippen molar-refractivity contribution in [3.8, 4) is 0 Å². The van der Waals surface area contributed by atoms with Crippen molar-refractivity contribution < 1.29 is 19.1 Å². The number of carbonyl (C=O) groups excluding carboxylic acids is 1. The second kappa shape index (κ2) is 7.19. The molecule has 4 aliphatic rings. The number of rotatable bonds is 2. The van der Waals surface area contributed by atoms with Gasteiger partial charge in [0.25, 0.3) is 0 Å². The zero-order valence-electron chi connectivity index (χ0n) is 19.1. The lowest BCUT2D eigenvalue weighted by atomic mass is 9.43. The third kappa shape index (κ3) is 3.06. The zero-order chi connectivity index (χ0) is 22.0. The summed E-state index contributed by atoms with van der Waals surface area (Å²) in [4.78, 5) is 23.3. The highest BCUT2D eigenvalue weighted by molar-refractivity contribution is 5.66. The minimum atomic E-state index is -0.683. The van der Waals surface area contributed by atoms with Gasteiger partial charge in [-0.1, -0.05) is 13.8 Å². The molecule has 31 heavy (non-hydrogen) atoms. The van der Waals surface area contributed by atoms with Gasteiger partial charge in [-0.25, -0.2) is 4.79 Å². The molecule has 4 fully saturated rings. The molecule has 1 heterocycles. The number of carbonyl (C=O) groups is 1. The molecule has 0 saturated heterocycles. The Balaban J connectivity index is 1.42. The van der Waals surface area contributed by atoms with Crippen LogP contribution in [0.3, 0.4) is 0 Å². The molecule has 0 aromatic carbocycles. The molecule has 8 atom stereocenters. The Labute approximate surface area is 184 Å². The number of esters is 1. The average Bonchev–Trinajstić information content (AvgIpc) is 2.99. The van der Waals surface area contributed by atoms with Crippen LogP contribution >= 0.6 is 0 Å². The molecule has 4 aliphatic carbocycles. The quantitative estimate of drug-likeness (QED) is 0.684. The van der Waals surface area contributed by atoms with Crippen LogP contribution in [-0.4, -0.2) is 22.8 Å². The summed E-state index contributed by atoms with van der Waals surface area (Å²) in [5.74, 6) is 1.42. The van der Waals surface area contributed by atoms with Gasteiger partial charge in [0, 0.05) is 18.4 Å². The molecule has 5 nitrogen and oxygen atoms in total. The standard InChI is InChI=1S/C26H36O5/c1-16(27)31-19-6-10-24(2)18(15-19)4-5-22-21(24)7-11-25(3)20(8-12-26(22,25)29)17-9-13-30-23(28)14-17/h9,13-14,18-22,29H,4-8,10-12,15H2,1-3H3.